The van der Waals surface area contributed by atoms with Crippen molar-refractivity contribution in [1.29, 1.82) is 0 Å². The molecular formula is C18H18F2N4O4. The van der Waals surface area contributed by atoms with E-state index in [1.807, 2.05) is 0 Å². The summed E-state index contributed by atoms with van der Waals surface area (Å²) in [5.41, 5.74) is 0.771. The molecule has 148 valence electrons. The van der Waals surface area contributed by atoms with Gasteiger partial charge in [0.25, 0.3) is 5.56 Å². The summed E-state index contributed by atoms with van der Waals surface area (Å²) in [6.45, 7) is 2.18. The van der Waals surface area contributed by atoms with Crippen molar-refractivity contribution in [3.63, 3.8) is 0 Å². The van der Waals surface area contributed by atoms with Crippen LogP contribution < -0.4 is 10.9 Å². The van der Waals surface area contributed by atoms with Crippen LogP contribution >= 0.6 is 0 Å². The molecular weight excluding hydrogens is 374 g/mol. The fraction of sp³-hybridized carbons (Fsp3) is 0.333. The average molecular weight is 392 g/mol. The van der Waals surface area contributed by atoms with Crippen LogP contribution in [-0.2, 0) is 29.0 Å². The molecule has 0 spiro atoms. The first-order valence-corrected chi connectivity index (χ1v) is 8.64. The number of rotatable bonds is 4. The third kappa shape index (κ3) is 4.33. The Morgan fingerprint density at radius 3 is 2.75 bits per heavy atom. The zero-order valence-electron chi connectivity index (χ0n) is 15.1. The van der Waals surface area contributed by atoms with E-state index in [0.717, 1.165) is 16.8 Å². The van der Waals surface area contributed by atoms with Gasteiger partial charge in [0.05, 0.1) is 18.8 Å². The van der Waals surface area contributed by atoms with E-state index in [-0.39, 0.29) is 25.4 Å². The predicted octanol–water partition coefficient (Wildman–Crippen LogP) is 1.67. The highest BCUT2D eigenvalue weighted by Gasteiger charge is 2.24. The molecule has 1 aliphatic heterocycles. The van der Waals surface area contributed by atoms with E-state index in [1.165, 1.54) is 17.0 Å². The molecule has 0 radical (unpaired) electrons. The van der Waals surface area contributed by atoms with E-state index >= 15 is 0 Å². The summed E-state index contributed by atoms with van der Waals surface area (Å²) in [5, 5.41) is 6.58. The summed E-state index contributed by atoms with van der Waals surface area (Å²) in [4.78, 5) is 37.7. The Balaban J connectivity index is 1.70. The van der Waals surface area contributed by atoms with E-state index in [4.69, 9.17) is 4.74 Å². The van der Waals surface area contributed by atoms with Gasteiger partial charge in [-0.05, 0) is 19.1 Å². The SMILES string of the molecule is CCOC(=O)N1CCc2nn(CC(=O)Nc3ccc(F)c(F)c3)c(=O)cc2C1. The van der Waals surface area contributed by atoms with Gasteiger partial charge in [-0.25, -0.2) is 18.3 Å². The molecule has 8 nitrogen and oxygen atoms in total. The van der Waals surface area contributed by atoms with Crippen molar-refractivity contribution in [1.82, 2.24) is 14.7 Å². The monoisotopic (exact) mass is 392 g/mol. The highest BCUT2D eigenvalue weighted by Crippen LogP contribution is 2.16. The number of fused-ring (bicyclic) bond motifs is 1. The number of carbonyl (C=O) groups is 2. The lowest BCUT2D eigenvalue weighted by Crippen LogP contribution is -2.39. The highest BCUT2D eigenvalue weighted by atomic mass is 19.2. The Morgan fingerprint density at radius 2 is 2.04 bits per heavy atom. The molecule has 1 aliphatic rings. The second-order valence-corrected chi connectivity index (χ2v) is 6.16. The van der Waals surface area contributed by atoms with E-state index in [0.29, 0.717) is 24.2 Å². The molecule has 28 heavy (non-hydrogen) atoms. The van der Waals surface area contributed by atoms with E-state index in [9.17, 15) is 23.2 Å². The number of amides is 2. The molecule has 2 heterocycles. The smallest absolute Gasteiger partial charge is 0.410 e. The van der Waals surface area contributed by atoms with Gasteiger partial charge in [-0.3, -0.25) is 9.59 Å². The van der Waals surface area contributed by atoms with Crippen molar-refractivity contribution in [2.75, 3.05) is 18.5 Å². The van der Waals surface area contributed by atoms with Crippen molar-refractivity contribution in [3.05, 3.63) is 57.5 Å². The minimum absolute atomic E-state index is 0.0694. The molecule has 0 fully saturated rings. The van der Waals surface area contributed by atoms with Crippen molar-refractivity contribution >= 4 is 17.7 Å². The number of nitrogens with one attached hydrogen (secondary N) is 1. The summed E-state index contributed by atoms with van der Waals surface area (Å²) >= 11 is 0. The molecule has 1 N–H and O–H groups in total. The van der Waals surface area contributed by atoms with Gasteiger partial charge < -0.3 is 15.0 Å². The Labute approximate surface area is 158 Å². The number of aromatic nitrogens is 2. The second kappa shape index (κ2) is 8.15. The standard InChI is InChI=1S/C18H18F2N4O4/c1-2-28-18(27)23-6-5-15-11(9-23)7-17(26)24(22-15)10-16(25)21-12-3-4-13(19)14(20)8-12/h3-4,7-8H,2,5-6,9-10H2,1H3,(H,21,25). The van der Waals surface area contributed by atoms with Crippen molar-refractivity contribution in [2.24, 2.45) is 0 Å². The number of nitrogens with zero attached hydrogens (tertiary/aromatic N) is 3. The predicted molar refractivity (Wildman–Crippen MR) is 94.6 cm³/mol. The first kappa shape index (κ1) is 19.5. The molecule has 2 aromatic rings. The van der Waals surface area contributed by atoms with Crippen molar-refractivity contribution in [2.45, 2.75) is 26.4 Å². The van der Waals surface area contributed by atoms with Crippen LogP contribution in [-0.4, -0.2) is 39.8 Å². The van der Waals surface area contributed by atoms with E-state index in [2.05, 4.69) is 10.4 Å². The van der Waals surface area contributed by atoms with Crippen LogP contribution in [0.4, 0.5) is 19.3 Å². The van der Waals surface area contributed by atoms with Gasteiger partial charge in [-0.2, -0.15) is 5.10 Å². The Hall–Kier alpha value is -3.30. The van der Waals surface area contributed by atoms with Crippen LogP contribution in [0.15, 0.2) is 29.1 Å². The van der Waals surface area contributed by atoms with Crippen LogP contribution in [0.3, 0.4) is 0 Å². The number of ether oxygens (including phenoxy) is 1. The number of hydrogen-bond donors (Lipinski definition) is 1. The maximum absolute atomic E-state index is 13.2. The Kier molecular flexibility index (Phi) is 5.67. The largest absolute Gasteiger partial charge is 0.450 e. The molecule has 3 rings (SSSR count). The topological polar surface area (TPSA) is 93.5 Å². The van der Waals surface area contributed by atoms with Crippen LogP contribution in [0.1, 0.15) is 18.2 Å². The summed E-state index contributed by atoms with van der Waals surface area (Å²) in [6, 6.07) is 4.28. The number of halogens is 2. The third-order valence-electron chi connectivity index (χ3n) is 4.17. The minimum atomic E-state index is -1.09. The average Bonchev–Trinajstić information content (AvgIpc) is 2.65. The van der Waals surface area contributed by atoms with Gasteiger partial charge in [-0.1, -0.05) is 0 Å². The zero-order chi connectivity index (χ0) is 20.3. The molecule has 0 bridgehead atoms. The fourth-order valence-corrected chi connectivity index (χ4v) is 2.83. The summed E-state index contributed by atoms with van der Waals surface area (Å²) in [5.74, 6) is -2.72. The maximum Gasteiger partial charge on any atom is 0.410 e. The molecule has 0 saturated carbocycles. The zero-order valence-corrected chi connectivity index (χ0v) is 15.1. The van der Waals surface area contributed by atoms with Gasteiger partial charge >= 0.3 is 6.09 Å². The quantitative estimate of drug-likeness (QED) is 0.855. The van der Waals surface area contributed by atoms with Crippen molar-refractivity contribution in [3.8, 4) is 0 Å². The van der Waals surface area contributed by atoms with Crippen LogP contribution in [0, 0.1) is 11.6 Å². The highest BCUT2D eigenvalue weighted by molar-refractivity contribution is 5.90. The van der Waals surface area contributed by atoms with Gasteiger partial charge in [0.15, 0.2) is 11.6 Å². The number of hydrogen-bond acceptors (Lipinski definition) is 5. The lowest BCUT2D eigenvalue weighted by Gasteiger charge is -2.27. The van der Waals surface area contributed by atoms with Crippen LogP contribution in [0.25, 0.3) is 0 Å². The molecule has 0 saturated heterocycles. The Bertz CT molecular complexity index is 977. The van der Waals surface area contributed by atoms with E-state index < -0.39 is 29.2 Å². The number of carbonyl (C=O) groups excluding carboxylic acids is 2. The molecule has 2 amide bonds. The summed E-state index contributed by atoms with van der Waals surface area (Å²) < 4.78 is 32.1. The maximum atomic E-state index is 13.2. The molecule has 0 atom stereocenters. The lowest BCUT2D eigenvalue weighted by molar-refractivity contribution is -0.117. The third-order valence-corrected chi connectivity index (χ3v) is 4.17. The lowest BCUT2D eigenvalue weighted by atomic mass is 10.1. The molecule has 10 heteroatoms. The van der Waals surface area contributed by atoms with Gasteiger partial charge in [0.1, 0.15) is 6.54 Å². The summed E-state index contributed by atoms with van der Waals surface area (Å²) in [6.07, 6.45) is -0.0394. The molecule has 1 aromatic heterocycles. The number of benzene rings is 1. The number of anilines is 1. The van der Waals surface area contributed by atoms with Gasteiger partial charge in [0.2, 0.25) is 5.91 Å². The minimum Gasteiger partial charge on any atom is -0.450 e. The first-order chi connectivity index (χ1) is 13.4. The molecule has 1 aromatic carbocycles. The van der Waals surface area contributed by atoms with Crippen LogP contribution in [0.2, 0.25) is 0 Å². The van der Waals surface area contributed by atoms with Crippen LogP contribution in [0.5, 0.6) is 0 Å². The first-order valence-electron chi connectivity index (χ1n) is 8.64. The van der Waals surface area contributed by atoms with Crippen molar-refractivity contribution < 1.29 is 23.1 Å². The van der Waals surface area contributed by atoms with E-state index in [1.54, 1.807) is 6.92 Å². The summed E-state index contributed by atoms with van der Waals surface area (Å²) in [7, 11) is 0. The molecule has 0 unspecified atom stereocenters. The fourth-order valence-electron chi connectivity index (χ4n) is 2.83. The Morgan fingerprint density at radius 1 is 1.25 bits per heavy atom. The molecule has 0 aliphatic carbocycles. The van der Waals surface area contributed by atoms with Gasteiger partial charge in [0, 0.05) is 36.3 Å². The van der Waals surface area contributed by atoms with Gasteiger partial charge in [-0.15, -0.1) is 0 Å². The second-order valence-electron chi connectivity index (χ2n) is 6.16. The normalized spacial score (nSPS) is 13.0.